The first-order valence-corrected chi connectivity index (χ1v) is 10.4. The Morgan fingerprint density at radius 1 is 0.871 bits per heavy atom. The number of esters is 1. The molecule has 0 amide bonds. The fourth-order valence-electron chi connectivity index (χ4n) is 2.47. The molecular formula is C21H17NO8S. The number of hydrogen-bond donors (Lipinski definition) is 0. The van der Waals surface area contributed by atoms with Crippen molar-refractivity contribution < 1.29 is 31.8 Å². The first kappa shape index (κ1) is 21.8. The molecule has 3 aromatic rings. The molecule has 0 aliphatic carbocycles. The fourth-order valence-corrected chi connectivity index (χ4v) is 3.44. The van der Waals surface area contributed by atoms with Crippen LogP contribution in [-0.4, -0.2) is 32.5 Å². The number of nitrogens with zero attached hydrogens (tertiary/aromatic N) is 1. The van der Waals surface area contributed by atoms with Crippen LogP contribution in [0, 0.1) is 10.1 Å². The lowest BCUT2D eigenvalue weighted by Gasteiger charge is -2.09. The van der Waals surface area contributed by atoms with E-state index in [0.29, 0.717) is 5.75 Å². The van der Waals surface area contributed by atoms with E-state index in [0.717, 1.165) is 6.07 Å². The Labute approximate surface area is 178 Å². The Balaban J connectivity index is 1.56. The lowest BCUT2D eigenvalue weighted by molar-refractivity contribution is -0.385. The van der Waals surface area contributed by atoms with Gasteiger partial charge in [0.15, 0.2) is 0 Å². The van der Waals surface area contributed by atoms with Crippen LogP contribution in [0.1, 0.15) is 10.4 Å². The summed E-state index contributed by atoms with van der Waals surface area (Å²) >= 11 is 0. The zero-order valence-electron chi connectivity index (χ0n) is 16.0. The molecule has 0 aliphatic rings. The maximum Gasteiger partial charge on any atom is 0.339 e. The largest absolute Gasteiger partial charge is 0.490 e. The van der Waals surface area contributed by atoms with Crippen molar-refractivity contribution >= 4 is 21.8 Å². The second-order valence-corrected chi connectivity index (χ2v) is 7.66. The normalized spacial score (nSPS) is 10.8. The molecule has 0 fully saturated rings. The third-order valence-corrected chi connectivity index (χ3v) is 5.18. The van der Waals surface area contributed by atoms with Gasteiger partial charge in [-0.05, 0) is 42.5 Å². The zero-order valence-corrected chi connectivity index (χ0v) is 16.9. The summed E-state index contributed by atoms with van der Waals surface area (Å²) in [5.74, 6) is -0.00905. The second-order valence-electron chi connectivity index (χ2n) is 6.11. The van der Waals surface area contributed by atoms with Gasteiger partial charge in [0.05, 0.1) is 10.5 Å². The first-order valence-electron chi connectivity index (χ1n) is 8.99. The summed E-state index contributed by atoms with van der Waals surface area (Å²) in [6.07, 6.45) is 0. The van der Waals surface area contributed by atoms with Gasteiger partial charge in [-0.1, -0.05) is 24.3 Å². The van der Waals surface area contributed by atoms with Crippen LogP contribution >= 0.6 is 0 Å². The number of carbonyl (C=O) groups excluding carboxylic acids is 1. The highest BCUT2D eigenvalue weighted by atomic mass is 32.2. The Morgan fingerprint density at radius 3 is 2.26 bits per heavy atom. The predicted octanol–water partition coefficient (Wildman–Crippen LogP) is 3.60. The maximum absolute atomic E-state index is 12.3. The van der Waals surface area contributed by atoms with Crippen LogP contribution in [0.4, 0.5) is 5.69 Å². The molecule has 0 spiro atoms. The monoisotopic (exact) mass is 443 g/mol. The van der Waals surface area contributed by atoms with Crippen molar-refractivity contribution in [3.8, 4) is 11.5 Å². The van der Waals surface area contributed by atoms with Crippen molar-refractivity contribution in [2.24, 2.45) is 0 Å². The van der Waals surface area contributed by atoms with Gasteiger partial charge in [0.25, 0.3) is 5.69 Å². The molecule has 9 nitrogen and oxygen atoms in total. The van der Waals surface area contributed by atoms with Crippen molar-refractivity contribution in [3.05, 3.63) is 94.5 Å². The van der Waals surface area contributed by atoms with E-state index in [4.69, 9.17) is 13.7 Å². The summed E-state index contributed by atoms with van der Waals surface area (Å²) in [6.45, 7) is 0.214. The average Bonchev–Trinajstić information content (AvgIpc) is 2.77. The molecule has 0 bridgehead atoms. The van der Waals surface area contributed by atoms with E-state index in [1.165, 1.54) is 42.5 Å². The number of ether oxygens (including phenoxy) is 2. The molecule has 31 heavy (non-hydrogen) atoms. The minimum atomic E-state index is -4.28. The third-order valence-electron chi connectivity index (χ3n) is 3.94. The van der Waals surface area contributed by atoms with Crippen LogP contribution < -0.4 is 8.92 Å². The van der Waals surface area contributed by atoms with Gasteiger partial charge in [0, 0.05) is 12.1 Å². The molecule has 3 aromatic carbocycles. The highest BCUT2D eigenvalue weighted by Crippen LogP contribution is 2.22. The van der Waals surface area contributed by atoms with Crippen LogP contribution in [0.3, 0.4) is 0 Å². The van der Waals surface area contributed by atoms with Gasteiger partial charge in [0.1, 0.15) is 29.6 Å². The van der Waals surface area contributed by atoms with E-state index in [9.17, 15) is 23.3 Å². The van der Waals surface area contributed by atoms with Gasteiger partial charge < -0.3 is 13.7 Å². The van der Waals surface area contributed by atoms with Crippen LogP contribution in [0.5, 0.6) is 11.5 Å². The summed E-state index contributed by atoms with van der Waals surface area (Å²) < 4.78 is 40.2. The summed E-state index contributed by atoms with van der Waals surface area (Å²) in [5, 5.41) is 10.8. The number of nitro benzene ring substituents is 1. The number of carbonyl (C=O) groups is 1. The minimum Gasteiger partial charge on any atom is -0.490 e. The van der Waals surface area contributed by atoms with Crippen molar-refractivity contribution in [2.45, 2.75) is 4.90 Å². The quantitative estimate of drug-likeness (QED) is 0.162. The number of hydrogen-bond acceptors (Lipinski definition) is 8. The van der Waals surface area contributed by atoms with E-state index in [1.54, 1.807) is 12.1 Å². The molecule has 0 radical (unpaired) electrons. The standard InChI is InChI=1S/C21H17NO8S/c23-21(29-14-13-28-18-6-2-1-3-7-18)16-9-11-19(12-10-16)30-31(26,27)20-8-4-5-17(15-20)22(24)25/h1-12,15H,13-14H2. The van der Waals surface area contributed by atoms with Crippen LogP contribution in [0.15, 0.2) is 83.8 Å². The van der Waals surface area contributed by atoms with Gasteiger partial charge in [-0.3, -0.25) is 10.1 Å². The van der Waals surface area contributed by atoms with Gasteiger partial charge in [-0.15, -0.1) is 0 Å². The van der Waals surface area contributed by atoms with Crippen LogP contribution in [0.2, 0.25) is 0 Å². The average molecular weight is 443 g/mol. The lowest BCUT2D eigenvalue weighted by Crippen LogP contribution is -2.13. The topological polar surface area (TPSA) is 122 Å². The molecule has 0 aliphatic heterocycles. The fraction of sp³-hybridized carbons (Fsp3) is 0.0952. The van der Waals surface area contributed by atoms with Gasteiger partial charge in [-0.2, -0.15) is 8.42 Å². The molecule has 0 saturated carbocycles. The van der Waals surface area contributed by atoms with Crippen molar-refractivity contribution in [2.75, 3.05) is 13.2 Å². The number of nitro groups is 1. The summed E-state index contributed by atoms with van der Waals surface area (Å²) in [4.78, 5) is 21.8. The van der Waals surface area contributed by atoms with E-state index in [-0.39, 0.29) is 35.1 Å². The van der Waals surface area contributed by atoms with Crippen molar-refractivity contribution in [1.82, 2.24) is 0 Å². The Kier molecular flexibility index (Phi) is 6.83. The number of benzene rings is 3. The van der Waals surface area contributed by atoms with E-state index >= 15 is 0 Å². The Bertz CT molecular complexity index is 1160. The highest BCUT2D eigenvalue weighted by Gasteiger charge is 2.20. The maximum atomic E-state index is 12.3. The molecule has 160 valence electrons. The molecule has 0 aromatic heterocycles. The van der Waals surface area contributed by atoms with Gasteiger partial charge in [-0.25, -0.2) is 4.79 Å². The Morgan fingerprint density at radius 2 is 1.58 bits per heavy atom. The van der Waals surface area contributed by atoms with E-state index < -0.39 is 21.0 Å². The molecular weight excluding hydrogens is 426 g/mol. The molecule has 0 heterocycles. The number of para-hydroxylation sites is 1. The minimum absolute atomic E-state index is 0.0349. The van der Waals surface area contributed by atoms with Crippen LogP contribution in [-0.2, 0) is 14.9 Å². The van der Waals surface area contributed by atoms with Crippen molar-refractivity contribution in [1.29, 1.82) is 0 Å². The zero-order chi connectivity index (χ0) is 22.3. The second kappa shape index (κ2) is 9.72. The SMILES string of the molecule is O=C(OCCOc1ccccc1)c1ccc(OS(=O)(=O)c2cccc([N+](=O)[O-])c2)cc1. The molecule has 0 atom stereocenters. The molecule has 10 heteroatoms. The third kappa shape index (κ3) is 6.03. The number of non-ortho nitro benzene ring substituents is 1. The van der Waals surface area contributed by atoms with Crippen LogP contribution in [0.25, 0.3) is 0 Å². The highest BCUT2D eigenvalue weighted by molar-refractivity contribution is 7.87. The smallest absolute Gasteiger partial charge is 0.339 e. The van der Waals surface area contributed by atoms with Crippen molar-refractivity contribution in [3.63, 3.8) is 0 Å². The molecule has 0 unspecified atom stereocenters. The predicted molar refractivity (Wildman–Crippen MR) is 110 cm³/mol. The van der Waals surface area contributed by atoms with Gasteiger partial charge in [0.2, 0.25) is 0 Å². The molecule has 0 N–H and O–H groups in total. The van der Waals surface area contributed by atoms with E-state index in [1.807, 2.05) is 18.2 Å². The summed E-state index contributed by atoms with van der Waals surface area (Å²) in [6, 6.07) is 18.8. The Hall–Kier alpha value is -3.92. The molecule has 0 saturated heterocycles. The van der Waals surface area contributed by atoms with E-state index in [2.05, 4.69) is 0 Å². The first-order chi connectivity index (χ1) is 14.8. The lowest BCUT2D eigenvalue weighted by atomic mass is 10.2. The summed E-state index contributed by atoms with van der Waals surface area (Å²) in [5.41, 5.74) is -0.182. The number of rotatable bonds is 9. The summed E-state index contributed by atoms with van der Waals surface area (Å²) in [7, 11) is -4.28. The molecule has 3 rings (SSSR count). The van der Waals surface area contributed by atoms with Gasteiger partial charge >= 0.3 is 16.1 Å².